The fourth-order valence-electron chi connectivity index (χ4n) is 3.05. The number of aromatic nitrogens is 3. The minimum Gasteiger partial charge on any atom is -0.439 e. The number of nitrogens with zero attached hydrogens (tertiary/aromatic N) is 3. The van der Waals surface area contributed by atoms with Gasteiger partial charge < -0.3 is 10.1 Å². The molecule has 10 heteroatoms. The molecule has 0 bridgehead atoms. The van der Waals surface area contributed by atoms with Crippen LogP contribution >= 0.6 is 0 Å². The predicted octanol–water partition coefficient (Wildman–Crippen LogP) is 5.77. The normalized spacial score (nSPS) is 11.5. The van der Waals surface area contributed by atoms with E-state index in [-0.39, 0.29) is 22.6 Å². The van der Waals surface area contributed by atoms with Gasteiger partial charge in [0, 0.05) is 18.8 Å². The van der Waals surface area contributed by atoms with Crippen LogP contribution in [0.2, 0.25) is 0 Å². The van der Waals surface area contributed by atoms with Gasteiger partial charge in [-0.3, -0.25) is 0 Å². The average molecular weight is 446 g/mol. The van der Waals surface area contributed by atoms with E-state index in [1.54, 1.807) is 24.3 Å². The Kier molecular flexibility index (Phi) is 5.85. The third-order valence-electron chi connectivity index (χ3n) is 4.60. The highest BCUT2D eigenvalue weighted by Crippen LogP contribution is 2.31. The van der Waals surface area contributed by atoms with E-state index in [4.69, 9.17) is 4.74 Å². The van der Waals surface area contributed by atoms with Gasteiger partial charge in [-0.05, 0) is 42.3 Å². The lowest BCUT2D eigenvalue weighted by Crippen LogP contribution is -2.08. The van der Waals surface area contributed by atoms with Crippen LogP contribution in [-0.2, 0) is 12.6 Å². The van der Waals surface area contributed by atoms with Crippen molar-refractivity contribution in [2.45, 2.75) is 12.6 Å². The number of pyridine rings is 1. The van der Waals surface area contributed by atoms with E-state index in [0.717, 1.165) is 42.4 Å². The minimum atomic E-state index is -4.48. The van der Waals surface area contributed by atoms with Crippen molar-refractivity contribution < 1.29 is 26.7 Å². The molecule has 5 nitrogen and oxygen atoms in total. The summed E-state index contributed by atoms with van der Waals surface area (Å²) in [4.78, 5) is 11.6. The first-order valence-corrected chi connectivity index (χ1v) is 9.44. The summed E-state index contributed by atoms with van der Waals surface area (Å²) >= 11 is 0. The van der Waals surface area contributed by atoms with Gasteiger partial charge in [-0.25, -0.2) is 23.7 Å². The summed E-state index contributed by atoms with van der Waals surface area (Å²) in [5.41, 5.74) is -0.0715. The summed E-state index contributed by atoms with van der Waals surface area (Å²) in [5, 5.41) is 2.95. The highest BCUT2D eigenvalue weighted by atomic mass is 19.4. The van der Waals surface area contributed by atoms with E-state index >= 15 is 0 Å². The largest absolute Gasteiger partial charge is 0.439 e. The Labute approximate surface area is 178 Å². The molecule has 2 aromatic heterocycles. The van der Waals surface area contributed by atoms with Gasteiger partial charge in [0.1, 0.15) is 35.0 Å². The number of ether oxygens (including phenoxy) is 1. The number of alkyl halides is 3. The van der Waals surface area contributed by atoms with Gasteiger partial charge >= 0.3 is 6.18 Å². The number of anilines is 1. The number of rotatable bonds is 6. The van der Waals surface area contributed by atoms with E-state index < -0.39 is 23.4 Å². The molecule has 2 heterocycles. The maximum atomic E-state index is 14.1. The van der Waals surface area contributed by atoms with Gasteiger partial charge in [0.2, 0.25) is 5.88 Å². The molecule has 32 heavy (non-hydrogen) atoms. The molecule has 164 valence electrons. The van der Waals surface area contributed by atoms with Crippen LogP contribution in [0.15, 0.2) is 61.1 Å². The van der Waals surface area contributed by atoms with E-state index in [2.05, 4.69) is 20.3 Å². The van der Waals surface area contributed by atoms with Crippen molar-refractivity contribution in [2.24, 2.45) is 0 Å². The molecule has 2 aromatic carbocycles. The van der Waals surface area contributed by atoms with Crippen LogP contribution in [0.4, 0.5) is 27.8 Å². The Bertz CT molecular complexity index is 1250. The number of hydrogen-bond acceptors (Lipinski definition) is 5. The average Bonchev–Trinajstić information content (AvgIpc) is 2.77. The van der Waals surface area contributed by atoms with E-state index in [1.807, 2.05) is 0 Å². The smallest absolute Gasteiger partial charge is 0.416 e. The Morgan fingerprint density at radius 3 is 2.38 bits per heavy atom. The summed E-state index contributed by atoms with van der Waals surface area (Å²) in [6.07, 6.45) is -1.78. The zero-order valence-corrected chi connectivity index (χ0v) is 16.3. The first-order chi connectivity index (χ1) is 15.3. The second kappa shape index (κ2) is 8.74. The molecule has 0 aliphatic heterocycles. The van der Waals surface area contributed by atoms with Gasteiger partial charge in [0.25, 0.3) is 0 Å². The molecule has 0 aliphatic carbocycles. The minimum absolute atomic E-state index is 0.0233. The SMILES string of the molecule is Fc1ccc(F)c2c(NCCc3ccc(Oc4cc(C(F)(F)F)ccn4)cc3)ncnc12. The maximum Gasteiger partial charge on any atom is 0.416 e. The quantitative estimate of drug-likeness (QED) is 0.381. The highest BCUT2D eigenvalue weighted by molar-refractivity contribution is 5.89. The first kappa shape index (κ1) is 21.4. The molecule has 0 amide bonds. The van der Waals surface area contributed by atoms with Gasteiger partial charge in [-0.1, -0.05) is 12.1 Å². The van der Waals surface area contributed by atoms with Gasteiger partial charge in [0.15, 0.2) is 0 Å². The van der Waals surface area contributed by atoms with Crippen molar-refractivity contribution in [3.05, 3.63) is 83.8 Å². The van der Waals surface area contributed by atoms with Gasteiger partial charge in [-0.15, -0.1) is 0 Å². The van der Waals surface area contributed by atoms with E-state index in [0.29, 0.717) is 18.7 Å². The number of hydrogen-bond donors (Lipinski definition) is 1. The Morgan fingerprint density at radius 2 is 1.62 bits per heavy atom. The number of nitrogens with one attached hydrogen (secondary N) is 1. The van der Waals surface area contributed by atoms with Crippen molar-refractivity contribution in [3.63, 3.8) is 0 Å². The second-order valence-electron chi connectivity index (χ2n) is 6.78. The zero-order chi connectivity index (χ0) is 22.7. The first-order valence-electron chi connectivity index (χ1n) is 9.44. The monoisotopic (exact) mass is 446 g/mol. The van der Waals surface area contributed by atoms with Gasteiger partial charge in [-0.2, -0.15) is 13.2 Å². The fourth-order valence-corrected chi connectivity index (χ4v) is 3.05. The zero-order valence-electron chi connectivity index (χ0n) is 16.3. The molecular formula is C22H15F5N4O. The van der Waals surface area contributed by atoms with E-state index in [1.165, 1.54) is 0 Å². The third kappa shape index (κ3) is 4.74. The lowest BCUT2D eigenvalue weighted by Gasteiger charge is -2.10. The highest BCUT2D eigenvalue weighted by Gasteiger charge is 2.31. The second-order valence-corrected chi connectivity index (χ2v) is 6.78. The van der Waals surface area contributed by atoms with Crippen LogP contribution in [-0.4, -0.2) is 21.5 Å². The Hall–Kier alpha value is -3.82. The van der Waals surface area contributed by atoms with Crippen molar-refractivity contribution in [2.75, 3.05) is 11.9 Å². The molecule has 4 rings (SSSR count). The van der Waals surface area contributed by atoms with Crippen LogP contribution in [0, 0.1) is 11.6 Å². The molecule has 0 fully saturated rings. The molecule has 1 N–H and O–H groups in total. The Balaban J connectivity index is 1.39. The molecule has 0 unspecified atom stereocenters. The maximum absolute atomic E-state index is 14.1. The molecule has 0 saturated heterocycles. The van der Waals surface area contributed by atoms with Crippen molar-refractivity contribution in [1.82, 2.24) is 15.0 Å². The van der Waals surface area contributed by atoms with Crippen LogP contribution in [0.1, 0.15) is 11.1 Å². The molecule has 4 aromatic rings. The molecular weight excluding hydrogens is 431 g/mol. The van der Waals surface area contributed by atoms with Crippen LogP contribution in [0.25, 0.3) is 10.9 Å². The van der Waals surface area contributed by atoms with Crippen LogP contribution < -0.4 is 10.1 Å². The lowest BCUT2D eigenvalue weighted by atomic mass is 10.1. The van der Waals surface area contributed by atoms with Crippen molar-refractivity contribution in [3.8, 4) is 11.6 Å². The summed E-state index contributed by atoms with van der Waals surface area (Å²) in [5.74, 6) is -0.929. The van der Waals surface area contributed by atoms with Crippen molar-refractivity contribution in [1.29, 1.82) is 0 Å². The Morgan fingerprint density at radius 1 is 0.875 bits per heavy atom. The summed E-state index contributed by atoms with van der Waals surface area (Å²) in [6, 6.07) is 10.4. The molecule has 0 radical (unpaired) electrons. The summed E-state index contributed by atoms with van der Waals surface area (Å²) < 4.78 is 71.7. The van der Waals surface area contributed by atoms with Gasteiger partial charge in [0.05, 0.1) is 10.9 Å². The fraction of sp³-hybridized carbons (Fsp3) is 0.136. The van der Waals surface area contributed by atoms with Crippen LogP contribution in [0.3, 0.4) is 0 Å². The van der Waals surface area contributed by atoms with Crippen LogP contribution in [0.5, 0.6) is 11.6 Å². The van der Waals surface area contributed by atoms with E-state index in [9.17, 15) is 22.0 Å². The number of halogens is 5. The lowest BCUT2D eigenvalue weighted by molar-refractivity contribution is -0.137. The third-order valence-corrected chi connectivity index (χ3v) is 4.60. The summed E-state index contributed by atoms with van der Waals surface area (Å²) in [6.45, 7) is 0.372. The molecule has 0 saturated carbocycles. The molecule has 0 aliphatic rings. The standard InChI is InChI=1S/C22H15F5N4O/c23-16-5-6-17(24)20-19(16)21(31-12-30-20)29-9-7-13-1-3-15(4-2-13)32-18-11-14(8-10-28-18)22(25,26)27/h1-6,8,10-12H,7,9H2,(H,29,30,31). The summed E-state index contributed by atoms with van der Waals surface area (Å²) in [7, 11) is 0. The topological polar surface area (TPSA) is 59.9 Å². The predicted molar refractivity (Wildman–Crippen MR) is 107 cm³/mol. The molecule has 0 atom stereocenters. The number of fused-ring (bicyclic) bond motifs is 1. The van der Waals surface area contributed by atoms with Crippen molar-refractivity contribution >= 4 is 16.7 Å². The molecule has 0 spiro atoms. The number of benzene rings is 2.